The molecule has 186 valence electrons. The number of carbonyl (C=O) groups is 2. The Bertz CT molecular complexity index is 1120. The first-order valence-corrected chi connectivity index (χ1v) is 13.5. The molecule has 0 saturated carbocycles. The van der Waals surface area contributed by atoms with Crippen LogP contribution in [0.3, 0.4) is 0 Å². The fraction of sp³-hybridized carbons (Fsp3) is 0.417. The topological polar surface area (TPSA) is 86.8 Å². The van der Waals surface area contributed by atoms with Crippen molar-refractivity contribution in [1.82, 2.24) is 10.2 Å². The van der Waals surface area contributed by atoms with Crippen LogP contribution in [0, 0.1) is 18.7 Å². The van der Waals surface area contributed by atoms with Gasteiger partial charge in [0, 0.05) is 17.6 Å². The maximum atomic E-state index is 13.4. The van der Waals surface area contributed by atoms with Gasteiger partial charge in [-0.3, -0.25) is 13.9 Å². The third kappa shape index (κ3) is 7.80. The van der Waals surface area contributed by atoms with Gasteiger partial charge in [0.05, 0.1) is 11.9 Å². The number of hydrogen-bond acceptors (Lipinski definition) is 4. The Morgan fingerprint density at radius 3 is 2.24 bits per heavy atom. The highest BCUT2D eigenvalue weighted by atomic mass is 79.9. The Morgan fingerprint density at radius 2 is 1.71 bits per heavy atom. The number of nitrogens with one attached hydrogen (secondary N) is 1. The summed E-state index contributed by atoms with van der Waals surface area (Å²) >= 11 is 3.39. The van der Waals surface area contributed by atoms with Crippen LogP contribution in [0.2, 0.25) is 0 Å². The number of amides is 2. The number of sulfonamides is 1. The lowest BCUT2D eigenvalue weighted by Crippen LogP contribution is -2.51. The number of benzene rings is 2. The molecule has 0 saturated heterocycles. The van der Waals surface area contributed by atoms with E-state index in [4.69, 9.17) is 0 Å². The molecule has 2 amide bonds. The van der Waals surface area contributed by atoms with Crippen LogP contribution < -0.4 is 9.62 Å². The normalized spacial score (nSPS) is 12.4. The van der Waals surface area contributed by atoms with Gasteiger partial charge in [0.2, 0.25) is 21.8 Å². The molecule has 34 heavy (non-hydrogen) atoms. The minimum absolute atomic E-state index is 0.0202. The summed E-state index contributed by atoms with van der Waals surface area (Å²) in [6, 6.07) is 9.72. The van der Waals surface area contributed by atoms with Gasteiger partial charge in [0.15, 0.2) is 0 Å². The summed E-state index contributed by atoms with van der Waals surface area (Å²) in [5, 5.41) is 2.81. The lowest BCUT2D eigenvalue weighted by atomic mass is 10.1. The predicted octanol–water partition coefficient (Wildman–Crippen LogP) is 3.85. The highest BCUT2D eigenvalue weighted by Gasteiger charge is 2.30. The van der Waals surface area contributed by atoms with E-state index in [2.05, 4.69) is 21.2 Å². The van der Waals surface area contributed by atoms with Crippen LogP contribution in [0.5, 0.6) is 0 Å². The summed E-state index contributed by atoms with van der Waals surface area (Å²) in [7, 11) is -3.80. The van der Waals surface area contributed by atoms with Gasteiger partial charge in [-0.05, 0) is 61.2 Å². The number of nitrogens with zero attached hydrogens (tertiary/aromatic N) is 2. The SMILES string of the molecule is Cc1cc(N(CC(=O)N(Cc2ccc(F)cc2)C(C)C(=O)NCC(C)C)S(C)(=O)=O)ccc1Br. The van der Waals surface area contributed by atoms with E-state index < -0.39 is 34.3 Å². The van der Waals surface area contributed by atoms with E-state index in [9.17, 15) is 22.4 Å². The molecule has 0 aliphatic heterocycles. The number of hydrogen-bond donors (Lipinski definition) is 1. The fourth-order valence-corrected chi connectivity index (χ4v) is 4.31. The first-order valence-electron chi connectivity index (χ1n) is 10.8. The highest BCUT2D eigenvalue weighted by molar-refractivity contribution is 9.10. The summed E-state index contributed by atoms with van der Waals surface area (Å²) in [6.07, 6.45) is 1.03. The van der Waals surface area contributed by atoms with Gasteiger partial charge in [-0.1, -0.05) is 41.9 Å². The van der Waals surface area contributed by atoms with Crippen LogP contribution in [-0.4, -0.2) is 50.5 Å². The summed E-state index contributed by atoms with van der Waals surface area (Å²) in [5.41, 5.74) is 1.77. The molecule has 7 nitrogen and oxygen atoms in total. The molecule has 0 heterocycles. The average Bonchev–Trinajstić information content (AvgIpc) is 2.76. The Kier molecular flexibility index (Phi) is 9.64. The zero-order chi connectivity index (χ0) is 25.6. The quantitative estimate of drug-likeness (QED) is 0.482. The molecule has 0 aliphatic carbocycles. The van der Waals surface area contributed by atoms with E-state index >= 15 is 0 Å². The fourth-order valence-electron chi connectivity index (χ4n) is 3.22. The van der Waals surface area contributed by atoms with Gasteiger partial charge in [-0.25, -0.2) is 12.8 Å². The lowest BCUT2D eigenvalue weighted by Gasteiger charge is -2.31. The molecule has 0 bridgehead atoms. The minimum Gasteiger partial charge on any atom is -0.354 e. The number of rotatable bonds is 10. The molecule has 0 spiro atoms. The molecular weight excluding hydrogens is 525 g/mol. The highest BCUT2D eigenvalue weighted by Crippen LogP contribution is 2.25. The molecular formula is C24H31BrFN3O4S. The molecule has 0 aliphatic rings. The summed E-state index contributed by atoms with van der Waals surface area (Å²) in [5.74, 6) is -1.10. The van der Waals surface area contributed by atoms with Crippen molar-refractivity contribution in [3.05, 3.63) is 63.9 Å². The van der Waals surface area contributed by atoms with Crippen molar-refractivity contribution in [2.75, 3.05) is 23.7 Å². The maximum Gasteiger partial charge on any atom is 0.244 e. The zero-order valence-corrected chi connectivity index (χ0v) is 22.4. The lowest BCUT2D eigenvalue weighted by molar-refractivity contribution is -0.139. The summed E-state index contributed by atoms with van der Waals surface area (Å²) in [4.78, 5) is 27.5. The van der Waals surface area contributed by atoms with Crippen molar-refractivity contribution >= 4 is 43.5 Å². The Hall–Kier alpha value is -2.46. The summed E-state index contributed by atoms with van der Waals surface area (Å²) in [6.45, 7) is 7.29. The van der Waals surface area contributed by atoms with Gasteiger partial charge in [-0.15, -0.1) is 0 Å². The second-order valence-corrected chi connectivity index (χ2v) is 11.4. The predicted molar refractivity (Wildman–Crippen MR) is 135 cm³/mol. The van der Waals surface area contributed by atoms with Crippen LogP contribution in [0.1, 0.15) is 31.9 Å². The molecule has 10 heteroatoms. The molecule has 0 aromatic heterocycles. The van der Waals surface area contributed by atoms with E-state index in [0.29, 0.717) is 17.8 Å². The third-order valence-corrected chi connectivity index (χ3v) is 7.26. The van der Waals surface area contributed by atoms with Crippen LogP contribution in [0.4, 0.5) is 10.1 Å². The number of carbonyl (C=O) groups excluding carboxylic acids is 2. The number of aryl methyl sites for hydroxylation is 1. The number of halogens is 2. The Balaban J connectivity index is 2.37. The molecule has 2 aromatic carbocycles. The minimum atomic E-state index is -3.80. The van der Waals surface area contributed by atoms with E-state index in [1.807, 2.05) is 20.8 Å². The van der Waals surface area contributed by atoms with E-state index in [1.54, 1.807) is 25.1 Å². The first-order chi connectivity index (χ1) is 15.8. The maximum absolute atomic E-state index is 13.4. The van der Waals surface area contributed by atoms with Crippen LogP contribution in [-0.2, 0) is 26.2 Å². The third-order valence-electron chi connectivity index (χ3n) is 5.23. The first kappa shape index (κ1) is 27.8. The second-order valence-electron chi connectivity index (χ2n) is 8.67. The van der Waals surface area contributed by atoms with Crippen molar-refractivity contribution in [3.63, 3.8) is 0 Å². The van der Waals surface area contributed by atoms with Crippen LogP contribution >= 0.6 is 15.9 Å². The Morgan fingerprint density at radius 1 is 1.09 bits per heavy atom. The number of anilines is 1. The van der Waals surface area contributed by atoms with E-state index in [0.717, 1.165) is 20.6 Å². The van der Waals surface area contributed by atoms with Crippen molar-refractivity contribution < 1.29 is 22.4 Å². The van der Waals surface area contributed by atoms with Gasteiger partial charge >= 0.3 is 0 Å². The summed E-state index contributed by atoms with van der Waals surface area (Å²) < 4.78 is 40.4. The van der Waals surface area contributed by atoms with Gasteiger partial charge in [-0.2, -0.15) is 0 Å². The van der Waals surface area contributed by atoms with Crippen LogP contribution in [0.25, 0.3) is 0 Å². The van der Waals surface area contributed by atoms with E-state index in [1.165, 1.54) is 29.2 Å². The van der Waals surface area contributed by atoms with Crippen molar-refractivity contribution in [1.29, 1.82) is 0 Å². The van der Waals surface area contributed by atoms with Crippen molar-refractivity contribution in [2.45, 2.75) is 40.3 Å². The second kappa shape index (κ2) is 11.8. The van der Waals surface area contributed by atoms with Crippen LogP contribution in [0.15, 0.2) is 46.9 Å². The standard InChI is InChI=1S/C24H31BrFN3O4S/c1-16(2)13-27-24(31)18(4)28(14-19-6-8-20(26)9-7-19)23(30)15-29(34(5,32)33)21-10-11-22(25)17(3)12-21/h6-12,16,18H,13-15H2,1-5H3,(H,27,31). The Labute approximate surface area is 209 Å². The van der Waals surface area contributed by atoms with Gasteiger partial charge in [0.1, 0.15) is 18.4 Å². The van der Waals surface area contributed by atoms with Crippen molar-refractivity contribution in [2.24, 2.45) is 5.92 Å². The molecule has 1 atom stereocenters. The van der Waals surface area contributed by atoms with Gasteiger partial charge in [0.25, 0.3) is 0 Å². The zero-order valence-electron chi connectivity index (χ0n) is 20.0. The molecule has 2 rings (SSSR count). The molecule has 1 unspecified atom stereocenters. The molecule has 0 fully saturated rings. The largest absolute Gasteiger partial charge is 0.354 e. The molecule has 1 N–H and O–H groups in total. The monoisotopic (exact) mass is 555 g/mol. The smallest absolute Gasteiger partial charge is 0.244 e. The average molecular weight is 556 g/mol. The van der Waals surface area contributed by atoms with Gasteiger partial charge < -0.3 is 10.2 Å². The van der Waals surface area contributed by atoms with E-state index in [-0.39, 0.29) is 18.4 Å². The van der Waals surface area contributed by atoms with Crippen molar-refractivity contribution in [3.8, 4) is 0 Å². The molecule has 2 aromatic rings. The molecule has 0 radical (unpaired) electrons.